The van der Waals surface area contributed by atoms with Crippen LogP contribution in [0.15, 0.2) is 17.2 Å². The fraction of sp³-hybridized carbons (Fsp3) is 0.556. The van der Waals surface area contributed by atoms with Crippen LogP contribution in [0.4, 0.5) is 0 Å². The van der Waals surface area contributed by atoms with E-state index in [1.165, 1.54) is 10.9 Å². The molecule has 24 heavy (non-hydrogen) atoms. The van der Waals surface area contributed by atoms with Crippen LogP contribution in [-0.4, -0.2) is 26.5 Å². The first-order valence-electron chi connectivity index (χ1n) is 8.71. The van der Waals surface area contributed by atoms with Gasteiger partial charge in [-0.05, 0) is 57.6 Å². The molecule has 1 aliphatic carbocycles. The number of aryl methyl sites for hydroxylation is 2. The monoisotopic (exact) mass is 328 g/mol. The van der Waals surface area contributed by atoms with Crippen molar-refractivity contribution in [1.82, 2.24) is 19.9 Å². The number of aromatic nitrogens is 3. The lowest BCUT2D eigenvalue weighted by Crippen LogP contribution is -2.40. The number of carbonyl (C=O) groups excluding carboxylic acids is 1. The number of fused-ring (bicyclic) bond motifs is 2. The van der Waals surface area contributed by atoms with Gasteiger partial charge in [0.2, 0.25) is 5.91 Å². The summed E-state index contributed by atoms with van der Waals surface area (Å²) in [4.78, 5) is 34.2. The van der Waals surface area contributed by atoms with Crippen molar-refractivity contribution in [3.05, 3.63) is 34.0 Å². The van der Waals surface area contributed by atoms with E-state index in [9.17, 15) is 9.59 Å². The lowest BCUT2D eigenvalue weighted by atomic mass is 9.95. The molecule has 2 aromatic rings. The van der Waals surface area contributed by atoms with Gasteiger partial charge in [0.25, 0.3) is 5.56 Å². The van der Waals surface area contributed by atoms with E-state index in [1.807, 2.05) is 26.8 Å². The van der Waals surface area contributed by atoms with Gasteiger partial charge in [0.15, 0.2) is 5.65 Å². The number of rotatable bonds is 4. The van der Waals surface area contributed by atoms with Crippen LogP contribution >= 0.6 is 0 Å². The minimum atomic E-state index is -0.548. The van der Waals surface area contributed by atoms with Crippen molar-refractivity contribution in [3.63, 3.8) is 0 Å². The Morgan fingerprint density at radius 1 is 1.33 bits per heavy atom. The van der Waals surface area contributed by atoms with E-state index in [0.717, 1.165) is 36.9 Å². The van der Waals surface area contributed by atoms with Gasteiger partial charge in [0.1, 0.15) is 12.4 Å². The second-order valence-corrected chi connectivity index (χ2v) is 6.72. The third-order valence-corrected chi connectivity index (χ3v) is 4.51. The van der Waals surface area contributed by atoms with Crippen molar-refractivity contribution in [2.45, 2.75) is 65.0 Å². The van der Waals surface area contributed by atoms with Crippen molar-refractivity contribution >= 4 is 16.9 Å². The highest BCUT2D eigenvalue weighted by atomic mass is 16.2. The summed E-state index contributed by atoms with van der Waals surface area (Å²) >= 11 is 0. The van der Waals surface area contributed by atoms with Crippen molar-refractivity contribution in [3.8, 4) is 0 Å². The summed E-state index contributed by atoms with van der Waals surface area (Å²) in [5.74, 6) is -0.151. The SMILES string of the molecule is CCC(C(=O)NC(C)C)n1cnc2nc3c(cc2c1=O)CCCC3. The topological polar surface area (TPSA) is 76.9 Å². The fourth-order valence-electron chi connectivity index (χ4n) is 3.30. The molecule has 6 nitrogen and oxygen atoms in total. The molecule has 1 unspecified atom stereocenters. The van der Waals surface area contributed by atoms with Crippen LogP contribution in [0, 0.1) is 0 Å². The molecule has 1 amide bonds. The summed E-state index contributed by atoms with van der Waals surface area (Å²) in [5.41, 5.74) is 2.50. The maximum Gasteiger partial charge on any atom is 0.263 e. The molecular formula is C18H24N4O2. The molecule has 3 rings (SSSR count). The number of nitrogens with zero attached hydrogens (tertiary/aromatic N) is 3. The highest BCUT2D eigenvalue weighted by molar-refractivity contribution is 5.81. The van der Waals surface area contributed by atoms with E-state index in [4.69, 9.17) is 0 Å². The molecule has 2 heterocycles. The Morgan fingerprint density at radius 2 is 2.08 bits per heavy atom. The molecule has 1 N–H and O–H groups in total. The molecule has 6 heteroatoms. The van der Waals surface area contributed by atoms with Gasteiger partial charge in [-0.25, -0.2) is 9.97 Å². The zero-order valence-electron chi connectivity index (χ0n) is 14.5. The summed E-state index contributed by atoms with van der Waals surface area (Å²) in [6, 6.07) is 1.41. The summed E-state index contributed by atoms with van der Waals surface area (Å²) in [6.07, 6.45) is 6.16. The van der Waals surface area contributed by atoms with Crippen molar-refractivity contribution < 1.29 is 4.79 Å². The van der Waals surface area contributed by atoms with Crippen molar-refractivity contribution in [2.75, 3.05) is 0 Å². The second-order valence-electron chi connectivity index (χ2n) is 6.72. The molecular weight excluding hydrogens is 304 g/mol. The average Bonchev–Trinajstić information content (AvgIpc) is 2.55. The maximum atomic E-state index is 12.9. The highest BCUT2D eigenvalue weighted by Crippen LogP contribution is 2.22. The third-order valence-electron chi connectivity index (χ3n) is 4.51. The molecule has 0 spiro atoms. The van der Waals surface area contributed by atoms with Gasteiger partial charge in [-0.15, -0.1) is 0 Å². The largest absolute Gasteiger partial charge is 0.352 e. The summed E-state index contributed by atoms with van der Waals surface area (Å²) < 4.78 is 1.44. The van der Waals surface area contributed by atoms with E-state index in [2.05, 4.69) is 15.3 Å². The van der Waals surface area contributed by atoms with Crippen molar-refractivity contribution in [1.29, 1.82) is 0 Å². The Morgan fingerprint density at radius 3 is 2.79 bits per heavy atom. The molecule has 2 aromatic heterocycles. The number of pyridine rings is 1. The van der Waals surface area contributed by atoms with E-state index < -0.39 is 6.04 Å². The Labute approximate surface area is 141 Å². The molecule has 0 saturated carbocycles. The molecule has 0 radical (unpaired) electrons. The predicted molar refractivity (Wildman–Crippen MR) is 93.0 cm³/mol. The van der Waals surface area contributed by atoms with Crippen LogP contribution in [0.25, 0.3) is 11.0 Å². The standard InChI is InChI=1S/C18H24N4O2/c1-4-15(17(23)20-11(2)3)22-10-19-16-13(18(22)24)9-12-7-5-6-8-14(12)21-16/h9-11,15H,4-8H2,1-3H3,(H,20,23). The Balaban J connectivity index is 2.07. The van der Waals surface area contributed by atoms with Crippen LogP contribution in [0.1, 0.15) is 57.3 Å². The van der Waals surface area contributed by atoms with Crippen LogP contribution < -0.4 is 10.9 Å². The minimum Gasteiger partial charge on any atom is -0.352 e. The number of nitrogens with one attached hydrogen (secondary N) is 1. The fourth-order valence-corrected chi connectivity index (χ4v) is 3.30. The lowest BCUT2D eigenvalue weighted by molar-refractivity contribution is -0.125. The van der Waals surface area contributed by atoms with Gasteiger partial charge in [-0.1, -0.05) is 6.92 Å². The summed E-state index contributed by atoms with van der Waals surface area (Å²) in [7, 11) is 0. The first kappa shape index (κ1) is 16.6. The first-order valence-corrected chi connectivity index (χ1v) is 8.71. The minimum absolute atomic E-state index is 0.0318. The highest BCUT2D eigenvalue weighted by Gasteiger charge is 2.22. The quantitative estimate of drug-likeness (QED) is 0.933. The molecule has 0 fully saturated rings. The number of carbonyl (C=O) groups is 1. The molecule has 1 atom stereocenters. The van der Waals surface area contributed by atoms with Gasteiger partial charge >= 0.3 is 0 Å². The zero-order valence-corrected chi connectivity index (χ0v) is 14.5. The van der Waals surface area contributed by atoms with Crippen LogP contribution in [0.2, 0.25) is 0 Å². The normalized spacial score (nSPS) is 15.3. The smallest absolute Gasteiger partial charge is 0.263 e. The van der Waals surface area contributed by atoms with Gasteiger partial charge in [-0.2, -0.15) is 0 Å². The van der Waals surface area contributed by atoms with Gasteiger partial charge < -0.3 is 5.32 Å². The molecule has 0 aromatic carbocycles. The van der Waals surface area contributed by atoms with Crippen molar-refractivity contribution in [2.24, 2.45) is 0 Å². The number of amides is 1. The Kier molecular flexibility index (Phi) is 4.64. The van der Waals surface area contributed by atoms with E-state index >= 15 is 0 Å². The first-order chi connectivity index (χ1) is 11.5. The lowest BCUT2D eigenvalue weighted by Gasteiger charge is -2.20. The molecule has 0 saturated heterocycles. The Hall–Kier alpha value is -2.24. The van der Waals surface area contributed by atoms with E-state index in [-0.39, 0.29) is 17.5 Å². The summed E-state index contributed by atoms with van der Waals surface area (Å²) in [6.45, 7) is 5.71. The van der Waals surface area contributed by atoms with Gasteiger partial charge in [0.05, 0.1) is 5.39 Å². The van der Waals surface area contributed by atoms with Crippen LogP contribution in [0.3, 0.4) is 0 Å². The van der Waals surface area contributed by atoms with Crippen LogP contribution in [-0.2, 0) is 17.6 Å². The average molecular weight is 328 g/mol. The third kappa shape index (κ3) is 3.05. The molecule has 0 bridgehead atoms. The summed E-state index contributed by atoms with van der Waals surface area (Å²) in [5, 5.41) is 3.38. The maximum absolute atomic E-state index is 12.9. The number of hydrogen-bond acceptors (Lipinski definition) is 4. The number of hydrogen-bond donors (Lipinski definition) is 1. The van der Waals surface area contributed by atoms with E-state index in [0.29, 0.717) is 17.5 Å². The molecule has 1 aliphatic rings. The van der Waals surface area contributed by atoms with E-state index in [1.54, 1.807) is 0 Å². The second kappa shape index (κ2) is 6.71. The molecule has 0 aliphatic heterocycles. The van der Waals surface area contributed by atoms with Crippen LogP contribution in [0.5, 0.6) is 0 Å². The van der Waals surface area contributed by atoms with Gasteiger partial charge in [-0.3, -0.25) is 14.2 Å². The van der Waals surface area contributed by atoms with Gasteiger partial charge in [0, 0.05) is 11.7 Å². The molecule has 128 valence electrons. The zero-order chi connectivity index (χ0) is 17.3. The Bertz CT molecular complexity index is 826. The predicted octanol–water partition coefficient (Wildman–Crippen LogP) is 2.15.